The minimum Gasteiger partial charge on any atom is -0.481 e. The Balaban J connectivity index is 3.03. The van der Waals surface area contributed by atoms with Crippen LogP contribution in [-0.4, -0.2) is 104 Å². The zero-order chi connectivity index (χ0) is 30.4. The van der Waals surface area contributed by atoms with Gasteiger partial charge >= 0.3 is 5.97 Å². The maximum atomic E-state index is 10.3. The third kappa shape index (κ3) is 39.2. The van der Waals surface area contributed by atoms with Crippen LogP contribution in [0.3, 0.4) is 0 Å². The van der Waals surface area contributed by atoms with Crippen LogP contribution < -0.4 is 0 Å². The second-order valence-electron chi connectivity index (χ2n) is 10.7. The largest absolute Gasteiger partial charge is 0.481 e. The predicted octanol–water partition coefficient (Wildman–Crippen LogP) is 6.84. The van der Waals surface area contributed by atoms with Gasteiger partial charge in [0, 0.05) is 6.61 Å². The van der Waals surface area contributed by atoms with Crippen LogP contribution in [0, 0.1) is 0 Å². The molecule has 0 aliphatic heterocycles. The Bertz CT molecular complexity index is 508. The summed E-state index contributed by atoms with van der Waals surface area (Å²) in [6.45, 7) is 9.52. The Morgan fingerprint density at radius 1 is 0.357 bits per heavy atom. The molecule has 0 rings (SSSR count). The van der Waals surface area contributed by atoms with Crippen molar-refractivity contribution in [1.29, 1.82) is 0 Å². The first-order chi connectivity index (χ1) is 20.8. The van der Waals surface area contributed by atoms with Crippen molar-refractivity contribution in [2.75, 3.05) is 92.5 Å². The van der Waals surface area contributed by atoms with Gasteiger partial charge in [0.2, 0.25) is 0 Å². The third-order valence-electron chi connectivity index (χ3n) is 6.83. The highest BCUT2D eigenvalue weighted by Gasteiger charge is 1.98. The van der Waals surface area contributed by atoms with Gasteiger partial charge in [0.05, 0.1) is 92.3 Å². The highest BCUT2D eigenvalue weighted by atomic mass is 16.6. The van der Waals surface area contributed by atoms with Gasteiger partial charge in [-0.25, -0.2) is 0 Å². The Morgan fingerprint density at radius 2 is 0.595 bits per heavy atom. The van der Waals surface area contributed by atoms with Crippen molar-refractivity contribution < 1.29 is 43.1 Å². The predicted molar refractivity (Wildman–Crippen MR) is 168 cm³/mol. The van der Waals surface area contributed by atoms with Crippen LogP contribution in [0.1, 0.15) is 116 Å². The van der Waals surface area contributed by atoms with Gasteiger partial charge in [0.15, 0.2) is 0 Å². The van der Waals surface area contributed by atoms with E-state index < -0.39 is 5.97 Å². The van der Waals surface area contributed by atoms with Crippen LogP contribution in [0.15, 0.2) is 0 Å². The Labute approximate surface area is 257 Å². The minimum absolute atomic E-state index is 0.0109. The fourth-order valence-electron chi connectivity index (χ4n) is 4.33. The average molecular weight is 607 g/mol. The number of carboxylic acid groups (broad SMARTS) is 1. The molecule has 0 radical (unpaired) electrons. The Morgan fingerprint density at radius 3 is 0.881 bits per heavy atom. The third-order valence-corrected chi connectivity index (χ3v) is 6.83. The summed E-state index contributed by atoms with van der Waals surface area (Å²) in [6, 6.07) is 0. The molecule has 0 bridgehead atoms. The summed E-state index contributed by atoms with van der Waals surface area (Å²) in [6.07, 6.45) is 22.2. The van der Waals surface area contributed by atoms with Gasteiger partial charge in [-0.1, -0.05) is 103 Å². The number of hydrogen-bond acceptors (Lipinski definition) is 8. The van der Waals surface area contributed by atoms with E-state index in [2.05, 4.69) is 6.92 Å². The number of hydrogen-bond donors (Lipinski definition) is 1. The van der Waals surface area contributed by atoms with E-state index in [-0.39, 0.29) is 13.0 Å². The van der Waals surface area contributed by atoms with Gasteiger partial charge in [-0.05, 0) is 6.42 Å². The molecule has 0 aliphatic rings. The van der Waals surface area contributed by atoms with Gasteiger partial charge in [-0.2, -0.15) is 0 Å². The molecule has 0 aromatic carbocycles. The van der Waals surface area contributed by atoms with E-state index in [4.69, 9.17) is 38.3 Å². The summed E-state index contributed by atoms with van der Waals surface area (Å²) in [5.74, 6) is -0.862. The molecule has 0 spiro atoms. The zero-order valence-corrected chi connectivity index (χ0v) is 27.1. The van der Waals surface area contributed by atoms with Crippen molar-refractivity contribution in [1.82, 2.24) is 0 Å². The molecule has 9 nitrogen and oxygen atoms in total. The van der Waals surface area contributed by atoms with Crippen molar-refractivity contribution in [3.8, 4) is 0 Å². The Hall–Kier alpha value is -0.810. The van der Waals surface area contributed by atoms with Crippen LogP contribution in [-0.2, 0) is 38.0 Å². The first kappa shape index (κ1) is 41.2. The van der Waals surface area contributed by atoms with E-state index in [0.29, 0.717) is 79.3 Å². The molecule has 42 heavy (non-hydrogen) atoms. The lowest BCUT2D eigenvalue weighted by Gasteiger charge is -2.08. The van der Waals surface area contributed by atoms with Gasteiger partial charge in [0.1, 0.15) is 0 Å². The maximum Gasteiger partial charge on any atom is 0.305 e. The van der Waals surface area contributed by atoms with E-state index in [0.717, 1.165) is 13.0 Å². The number of aliphatic carboxylic acids is 1. The van der Waals surface area contributed by atoms with Gasteiger partial charge < -0.3 is 38.3 Å². The summed E-state index contributed by atoms with van der Waals surface area (Å²) < 4.78 is 38.0. The van der Waals surface area contributed by atoms with Crippen molar-refractivity contribution in [2.45, 2.75) is 116 Å². The van der Waals surface area contributed by atoms with Crippen molar-refractivity contribution in [3.05, 3.63) is 0 Å². The molecular formula is C33H66O9. The quantitative estimate of drug-likeness (QED) is 0.0757. The Kier molecular flexibility index (Phi) is 37.5. The molecule has 0 fully saturated rings. The number of rotatable bonds is 38. The van der Waals surface area contributed by atoms with Crippen LogP contribution in [0.4, 0.5) is 0 Å². The highest BCUT2D eigenvalue weighted by Crippen LogP contribution is 2.13. The second-order valence-corrected chi connectivity index (χ2v) is 10.7. The molecule has 9 heteroatoms. The molecule has 0 amide bonds. The van der Waals surface area contributed by atoms with Gasteiger partial charge in [-0.3, -0.25) is 4.79 Å². The SMILES string of the molecule is CCCCCCCCCCCCCCCCCCOCCOCCOCCOCCOCCOCCOCCC(=O)O. The molecule has 0 aromatic rings. The van der Waals surface area contributed by atoms with Crippen LogP contribution in [0.5, 0.6) is 0 Å². The lowest BCUT2D eigenvalue weighted by Crippen LogP contribution is -2.14. The van der Waals surface area contributed by atoms with E-state index in [9.17, 15) is 4.79 Å². The van der Waals surface area contributed by atoms with E-state index in [1.165, 1.54) is 96.3 Å². The topological polar surface area (TPSA) is 102 Å². The number of carbonyl (C=O) groups is 1. The van der Waals surface area contributed by atoms with Crippen LogP contribution >= 0.6 is 0 Å². The average Bonchev–Trinajstić information content (AvgIpc) is 2.98. The number of carboxylic acids is 1. The first-order valence-corrected chi connectivity index (χ1v) is 17.0. The lowest BCUT2D eigenvalue weighted by atomic mass is 10.0. The van der Waals surface area contributed by atoms with Gasteiger partial charge in [0.25, 0.3) is 0 Å². The molecular weight excluding hydrogens is 540 g/mol. The summed E-state index contributed by atoms with van der Waals surface area (Å²) in [7, 11) is 0. The van der Waals surface area contributed by atoms with E-state index in [1.54, 1.807) is 0 Å². The minimum atomic E-state index is -0.862. The highest BCUT2D eigenvalue weighted by molar-refractivity contribution is 5.66. The number of unbranched alkanes of at least 4 members (excludes halogenated alkanes) is 15. The monoisotopic (exact) mass is 606 g/mol. The standard InChI is InChI=1S/C33H66O9/c1-2-3-4-5-6-7-8-9-10-11-12-13-14-15-16-17-19-36-21-23-38-25-27-40-29-31-42-32-30-41-28-26-39-24-22-37-20-18-33(34)35/h2-32H2,1H3,(H,34,35). The molecule has 0 aliphatic carbocycles. The molecule has 252 valence electrons. The summed E-state index contributed by atoms with van der Waals surface area (Å²) in [5.41, 5.74) is 0. The molecule has 0 heterocycles. The summed E-state index contributed by atoms with van der Waals surface area (Å²) >= 11 is 0. The molecule has 1 N–H and O–H groups in total. The molecule has 0 saturated heterocycles. The van der Waals surface area contributed by atoms with Crippen molar-refractivity contribution in [3.63, 3.8) is 0 Å². The second kappa shape index (κ2) is 38.2. The first-order valence-electron chi connectivity index (χ1n) is 17.0. The fraction of sp³-hybridized carbons (Fsp3) is 0.970. The molecule has 0 saturated carbocycles. The molecule has 0 atom stereocenters. The van der Waals surface area contributed by atoms with Crippen LogP contribution in [0.2, 0.25) is 0 Å². The van der Waals surface area contributed by atoms with Crippen LogP contribution in [0.25, 0.3) is 0 Å². The van der Waals surface area contributed by atoms with E-state index in [1.807, 2.05) is 0 Å². The van der Waals surface area contributed by atoms with E-state index >= 15 is 0 Å². The normalized spacial score (nSPS) is 11.5. The smallest absolute Gasteiger partial charge is 0.305 e. The van der Waals surface area contributed by atoms with Gasteiger partial charge in [-0.15, -0.1) is 0 Å². The van der Waals surface area contributed by atoms with Crippen molar-refractivity contribution >= 4 is 5.97 Å². The summed E-state index contributed by atoms with van der Waals surface area (Å²) in [5, 5.41) is 8.49. The molecule has 0 unspecified atom stereocenters. The fourth-order valence-corrected chi connectivity index (χ4v) is 4.33. The summed E-state index contributed by atoms with van der Waals surface area (Å²) in [4.78, 5) is 10.3. The number of ether oxygens (including phenoxy) is 7. The maximum absolute atomic E-state index is 10.3. The lowest BCUT2D eigenvalue weighted by molar-refractivity contribution is -0.138. The zero-order valence-electron chi connectivity index (χ0n) is 27.1. The van der Waals surface area contributed by atoms with Crippen molar-refractivity contribution in [2.24, 2.45) is 0 Å². The molecule has 0 aromatic heterocycles.